The van der Waals surface area contributed by atoms with Gasteiger partial charge in [0, 0.05) is 84.0 Å². The zero-order valence-electron chi connectivity index (χ0n) is 52.1. The van der Waals surface area contributed by atoms with Gasteiger partial charge in [-0.25, -0.2) is 24.6 Å². The number of benzene rings is 3. The molecule has 0 aliphatic heterocycles. The first-order valence-corrected chi connectivity index (χ1v) is 32.4. The number of hydrogen-bond donors (Lipinski definition) is 1. The molecule has 6 heterocycles. The van der Waals surface area contributed by atoms with Gasteiger partial charge in [0.25, 0.3) is 5.91 Å². The summed E-state index contributed by atoms with van der Waals surface area (Å²) >= 11 is 3.39. The van der Waals surface area contributed by atoms with Crippen molar-refractivity contribution in [2.24, 2.45) is 5.73 Å². The molecule has 0 bridgehead atoms. The molecule has 0 saturated heterocycles. The SMILES string of the molecule is CCCCCOc1ccc(N(C(=O)COC)c2nc(-c3cccnc3)cs2)cc1C(F)(F)F.CCCCCOc1ccc(N(C(C)=O)c2nc(-c3cccnc3)cs2)cc1C(F)(F)F.CCCCCOc1ccc(N(C(N)=O)c2nc(-c3cccnc3)cs2)cc1C(F)(F)F. The Labute approximate surface area is 554 Å². The van der Waals surface area contributed by atoms with E-state index >= 15 is 0 Å². The van der Waals surface area contributed by atoms with Gasteiger partial charge >= 0.3 is 24.6 Å². The second kappa shape index (κ2) is 34.9. The zero-order valence-corrected chi connectivity index (χ0v) is 54.6. The lowest BCUT2D eigenvalue weighted by molar-refractivity contribution is -0.139. The van der Waals surface area contributed by atoms with Crippen molar-refractivity contribution in [1.82, 2.24) is 29.9 Å². The number of amides is 4. The molecule has 504 valence electrons. The van der Waals surface area contributed by atoms with E-state index in [1.807, 2.05) is 26.8 Å². The summed E-state index contributed by atoms with van der Waals surface area (Å²) in [5, 5.41) is 5.78. The number of nitrogens with two attached hydrogens (primary N) is 1. The van der Waals surface area contributed by atoms with E-state index in [-0.39, 0.29) is 76.1 Å². The molecule has 0 saturated carbocycles. The van der Waals surface area contributed by atoms with Crippen LogP contribution in [0.25, 0.3) is 33.8 Å². The highest BCUT2D eigenvalue weighted by Gasteiger charge is 2.39. The van der Waals surface area contributed by atoms with Gasteiger partial charge in [-0.1, -0.05) is 59.3 Å². The third-order valence-electron chi connectivity index (χ3n) is 13.6. The maximum atomic E-state index is 13.8. The van der Waals surface area contributed by atoms with Crippen LogP contribution in [-0.2, 0) is 32.9 Å². The Hall–Kier alpha value is -9.06. The number of aromatic nitrogens is 6. The molecule has 0 spiro atoms. The summed E-state index contributed by atoms with van der Waals surface area (Å²) in [6, 6.07) is 20.3. The number of halogens is 9. The minimum atomic E-state index is -4.66. The number of pyridine rings is 3. The van der Waals surface area contributed by atoms with Crippen LogP contribution in [0.1, 0.15) is 102 Å². The number of urea groups is 1. The van der Waals surface area contributed by atoms with Gasteiger partial charge < -0.3 is 24.7 Å². The average molecular weight is 1380 g/mol. The molecule has 0 atom stereocenters. The molecule has 17 nitrogen and oxygen atoms in total. The predicted molar refractivity (Wildman–Crippen MR) is 349 cm³/mol. The molecule has 2 N–H and O–H groups in total. The van der Waals surface area contributed by atoms with Crippen molar-refractivity contribution in [1.29, 1.82) is 0 Å². The van der Waals surface area contributed by atoms with Crippen molar-refractivity contribution in [2.75, 3.05) is 48.2 Å². The van der Waals surface area contributed by atoms with E-state index in [0.717, 1.165) is 100 Å². The summed E-state index contributed by atoms with van der Waals surface area (Å²) in [6.07, 6.45) is 3.14. The van der Waals surface area contributed by atoms with E-state index in [2.05, 4.69) is 29.9 Å². The summed E-state index contributed by atoms with van der Waals surface area (Å²) in [7, 11) is 1.34. The number of alkyl halides is 9. The molecular weight excluding hydrogens is 1310 g/mol. The average Bonchev–Trinajstić information content (AvgIpc) is 1.79. The number of hydrogen-bond acceptors (Lipinski definition) is 16. The number of rotatable bonds is 26. The van der Waals surface area contributed by atoms with Crippen LogP contribution in [0.4, 0.5) is 76.8 Å². The maximum absolute atomic E-state index is 13.8. The van der Waals surface area contributed by atoms with Crippen LogP contribution >= 0.6 is 34.0 Å². The molecule has 95 heavy (non-hydrogen) atoms. The molecule has 9 aromatic rings. The molecule has 29 heteroatoms. The van der Waals surface area contributed by atoms with Gasteiger partial charge in [-0.05, 0) is 110 Å². The van der Waals surface area contributed by atoms with Crippen molar-refractivity contribution in [2.45, 2.75) is 104 Å². The van der Waals surface area contributed by atoms with E-state index < -0.39 is 53.1 Å². The summed E-state index contributed by atoms with van der Waals surface area (Å²) < 4.78 is 145. The molecule has 9 rings (SSSR count). The lowest BCUT2D eigenvalue weighted by atomic mass is 10.1. The number of carbonyl (C=O) groups is 3. The quantitative estimate of drug-likeness (QED) is 0.0397. The minimum Gasteiger partial charge on any atom is -0.493 e. The van der Waals surface area contributed by atoms with Crippen LogP contribution in [0, 0.1) is 0 Å². The second-order valence-electron chi connectivity index (χ2n) is 20.7. The van der Waals surface area contributed by atoms with Gasteiger partial charge in [0.2, 0.25) is 5.91 Å². The highest BCUT2D eigenvalue weighted by molar-refractivity contribution is 7.15. The molecule has 4 amide bonds. The maximum Gasteiger partial charge on any atom is 0.420 e. The minimum absolute atomic E-state index is 0.0253. The molecule has 0 aliphatic carbocycles. The predicted octanol–water partition coefficient (Wildman–Crippen LogP) is 18.6. The zero-order chi connectivity index (χ0) is 68.7. The number of carbonyl (C=O) groups excluding carboxylic acids is 3. The van der Waals surface area contributed by atoms with Crippen LogP contribution in [0.15, 0.2) is 144 Å². The Morgan fingerprint density at radius 2 is 0.800 bits per heavy atom. The summed E-state index contributed by atoms with van der Waals surface area (Å²) in [5.74, 6) is -1.79. The van der Waals surface area contributed by atoms with Crippen LogP contribution in [0.5, 0.6) is 17.2 Å². The molecule has 0 radical (unpaired) electrons. The van der Waals surface area contributed by atoms with Crippen molar-refractivity contribution in [3.8, 4) is 51.0 Å². The van der Waals surface area contributed by atoms with Gasteiger partial charge in [-0.15, -0.1) is 34.0 Å². The Morgan fingerprint density at radius 1 is 0.474 bits per heavy atom. The van der Waals surface area contributed by atoms with Crippen molar-refractivity contribution in [3.63, 3.8) is 0 Å². The van der Waals surface area contributed by atoms with Crippen LogP contribution < -0.4 is 34.6 Å². The first-order valence-electron chi connectivity index (χ1n) is 29.8. The fraction of sp³-hybridized carbons (Fsp3) is 0.318. The standard InChI is InChI=1S/C23H24F3N3O3S.C22H22F3N3O2S.C21H21F3N4O2S/c1-3-4-5-11-32-20-9-8-17(12-18(20)23(24,25)26)29(21(30)14-31-2)22-28-19(15-33-22)16-7-6-10-27-13-16;1-3-4-5-11-30-20-9-8-17(12-18(20)22(23,24)25)28(15(2)29)21-27-19(14-31-21)16-7-6-10-26-13-16;1-2-3-4-10-30-18-8-7-15(11-16(18)21(22,23)24)28(19(25)29)20-27-17(13-31-20)14-6-5-9-26-12-14/h6-10,12-13,15H,3-5,11,14H2,1-2H3;6-10,12-14H,3-5,11H2,1-2H3;5-9,11-13H,2-4,10H2,1H3,(H2,25,29). The largest absolute Gasteiger partial charge is 0.493 e. The van der Waals surface area contributed by atoms with Crippen LogP contribution in [0.3, 0.4) is 0 Å². The molecule has 0 fully saturated rings. The fourth-order valence-corrected chi connectivity index (χ4v) is 11.6. The third-order valence-corrected chi connectivity index (χ3v) is 16.0. The van der Waals surface area contributed by atoms with E-state index in [1.54, 1.807) is 83.7 Å². The molecule has 3 aromatic carbocycles. The fourth-order valence-electron chi connectivity index (χ4n) is 8.97. The van der Waals surface area contributed by atoms with Gasteiger partial charge in [-0.2, -0.15) is 39.5 Å². The van der Waals surface area contributed by atoms with E-state index in [4.69, 9.17) is 24.7 Å². The number of primary amides is 1. The third kappa shape index (κ3) is 20.7. The van der Waals surface area contributed by atoms with Crippen molar-refractivity contribution in [3.05, 3.63) is 161 Å². The topological polar surface area (TPSA) is 201 Å². The lowest BCUT2D eigenvalue weighted by Gasteiger charge is -2.22. The van der Waals surface area contributed by atoms with Crippen LogP contribution in [-0.4, -0.2) is 81.3 Å². The molecule has 0 unspecified atom stereocenters. The number of methoxy groups -OCH3 is 1. The Bertz CT molecular complexity index is 3730. The number of unbranched alkanes of at least 4 members (excludes halogenated alkanes) is 6. The molecule has 0 aliphatic rings. The van der Waals surface area contributed by atoms with Crippen molar-refractivity contribution < 1.29 is 72.8 Å². The first-order chi connectivity index (χ1) is 45.5. The highest BCUT2D eigenvalue weighted by atomic mass is 32.1. The van der Waals surface area contributed by atoms with Crippen molar-refractivity contribution >= 4 is 84.3 Å². The first kappa shape index (κ1) is 73.4. The summed E-state index contributed by atoms with van der Waals surface area (Å²) in [6.45, 7) is 7.52. The van der Waals surface area contributed by atoms with E-state index in [1.165, 1.54) is 66.7 Å². The number of ether oxygens (including phenoxy) is 4. The lowest BCUT2D eigenvalue weighted by Crippen LogP contribution is -2.31. The Kier molecular flexibility index (Phi) is 27.0. The summed E-state index contributed by atoms with van der Waals surface area (Å²) in [5.41, 5.74) is 6.57. The van der Waals surface area contributed by atoms with Gasteiger partial charge in [-0.3, -0.25) is 34.3 Å². The number of nitrogens with zero attached hydrogens (tertiary/aromatic N) is 9. The number of thiazole rings is 3. The highest BCUT2D eigenvalue weighted by Crippen LogP contribution is 2.45. The normalized spacial score (nSPS) is 11.4. The smallest absolute Gasteiger partial charge is 0.420 e. The van der Waals surface area contributed by atoms with Gasteiger partial charge in [0.1, 0.15) is 23.9 Å². The molecule has 6 aromatic heterocycles. The second-order valence-corrected chi connectivity index (χ2v) is 23.2. The van der Waals surface area contributed by atoms with Gasteiger partial charge in [0.05, 0.1) is 70.7 Å². The van der Waals surface area contributed by atoms with E-state index in [9.17, 15) is 53.9 Å². The molecular formula is C66H67F9N10O7S3. The van der Waals surface area contributed by atoms with Crippen LogP contribution in [0.2, 0.25) is 0 Å². The Morgan fingerprint density at radius 3 is 1.09 bits per heavy atom. The Balaban J connectivity index is 0.000000201. The van der Waals surface area contributed by atoms with E-state index in [0.29, 0.717) is 41.9 Å². The summed E-state index contributed by atoms with van der Waals surface area (Å²) in [4.78, 5) is 65.9. The van der Waals surface area contributed by atoms with Gasteiger partial charge in [0.15, 0.2) is 15.4 Å². The monoisotopic (exact) mass is 1380 g/mol. The number of anilines is 6.